The summed E-state index contributed by atoms with van der Waals surface area (Å²) in [5.41, 5.74) is 5.12. The Hall–Kier alpha value is -1.78. The first kappa shape index (κ1) is 15.7. The molecule has 1 aromatic heterocycles. The number of rotatable bonds is 3. The van der Waals surface area contributed by atoms with Crippen molar-refractivity contribution in [3.63, 3.8) is 0 Å². The molecule has 0 saturated heterocycles. The van der Waals surface area contributed by atoms with E-state index in [1.165, 1.54) is 22.2 Å². The van der Waals surface area contributed by atoms with Gasteiger partial charge in [-0.25, -0.2) is 0 Å². The first-order valence-electron chi connectivity index (χ1n) is 8.39. The first-order valence-corrected chi connectivity index (χ1v) is 9.19. The highest BCUT2D eigenvalue weighted by atomic mass is 79.9. The van der Waals surface area contributed by atoms with Crippen molar-refractivity contribution in [3.05, 3.63) is 63.8 Å². The van der Waals surface area contributed by atoms with Crippen LogP contribution in [-0.2, 0) is 19.4 Å². The van der Waals surface area contributed by atoms with Gasteiger partial charge < -0.3 is 14.6 Å². The molecule has 4 heteroatoms. The zero-order valence-corrected chi connectivity index (χ0v) is 15.4. The quantitative estimate of drug-likeness (QED) is 0.717. The molecule has 4 rings (SSSR count). The van der Waals surface area contributed by atoms with Crippen molar-refractivity contribution in [2.24, 2.45) is 0 Å². The van der Waals surface area contributed by atoms with Crippen LogP contribution >= 0.6 is 15.9 Å². The molecule has 1 N–H and O–H groups in total. The van der Waals surface area contributed by atoms with Crippen LogP contribution in [0.4, 0.5) is 0 Å². The number of aromatic amines is 1. The number of H-pyrrole nitrogens is 1. The molecule has 1 aliphatic heterocycles. The number of likely N-dealkylation sites (N-methyl/N-ethyl adjacent to an activating group) is 1. The highest BCUT2D eigenvalue weighted by Crippen LogP contribution is 2.37. The molecule has 0 radical (unpaired) electrons. The van der Waals surface area contributed by atoms with Crippen LogP contribution in [0.2, 0.25) is 0 Å². The van der Waals surface area contributed by atoms with E-state index in [0.29, 0.717) is 6.61 Å². The summed E-state index contributed by atoms with van der Waals surface area (Å²) in [6, 6.07) is 14.5. The number of ether oxygens (including phenoxy) is 1. The monoisotopic (exact) mass is 384 g/mol. The third-order valence-electron chi connectivity index (χ3n) is 4.78. The molecule has 0 amide bonds. The van der Waals surface area contributed by atoms with E-state index < -0.39 is 0 Å². The average molecular weight is 385 g/mol. The van der Waals surface area contributed by atoms with Crippen molar-refractivity contribution in [2.75, 3.05) is 20.1 Å². The van der Waals surface area contributed by atoms with Crippen molar-refractivity contribution in [1.82, 2.24) is 9.88 Å². The molecule has 0 saturated carbocycles. The van der Waals surface area contributed by atoms with Crippen LogP contribution in [0.1, 0.15) is 16.8 Å². The Morgan fingerprint density at radius 3 is 2.71 bits per heavy atom. The predicted molar refractivity (Wildman–Crippen MR) is 102 cm³/mol. The fourth-order valence-corrected chi connectivity index (χ4v) is 3.85. The molecular weight excluding hydrogens is 364 g/mol. The van der Waals surface area contributed by atoms with E-state index >= 15 is 0 Å². The van der Waals surface area contributed by atoms with Gasteiger partial charge in [0.2, 0.25) is 0 Å². The maximum Gasteiger partial charge on any atom is 0.129 e. The van der Waals surface area contributed by atoms with Crippen LogP contribution in [0.15, 0.2) is 46.9 Å². The van der Waals surface area contributed by atoms with Crippen molar-refractivity contribution in [1.29, 1.82) is 0 Å². The van der Waals surface area contributed by atoms with E-state index in [2.05, 4.69) is 57.1 Å². The minimum absolute atomic E-state index is 0.595. The molecule has 0 spiro atoms. The molecule has 124 valence electrons. The normalized spacial score (nSPS) is 15.2. The highest BCUT2D eigenvalue weighted by molar-refractivity contribution is 9.10. The number of nitrogens with one attached hydrogen (secondary N) is 1. The summed E-state index contributed by atoms with van der Waals surface area (Å²) in [6.45, 7) is 2.78. The second-order valence-electron chi connectivity index (χ2n) is 6.46. The summed E-state index contributed by atoms with van der Waals surface area (Å²) in [5, 5.41) is 1.24. The van der Waals surface area contributed by atoms with Crippen molar-refractivity contribution in [3.8, 4) is 5.75 Å². The van der Waals surface area contributed by atoms with Gasteiger partial charge in [-0.1, -0.05) is 30.3 Å². The Morgan fingerprint density at radius 2 is 1.88 bits per heavy atom. The van der Waals surface area contributed by atoms with Gasteiger partial charge in [-0.3, -0.25) is 0 Å². The van der Waals surface area contributed by atoms with Crippen LogP contribution in [0.25, 0.3) is 10.9 Å². The summed E-state index contributed by atoms with van der Waals surface area (Å²) in [5.74, 6) is 0.971. The Kier molecular flexibility index (Phi) is 4.33. The molecule has 0 aliphatic carbocycles. The Bertz CT molecular complexity index is 857. The largest absolute Gasteiger partial charge is 0.488 e. The maximum atomic E-state index is 6.20. The summed E-state index contributed by atoms with van der Waals surface area (Å²) in [6.07, 6.45) is 2.12. The third-order valence-corrected chi connectivity index (χ3v) is 5.44. The SMILES string of the molecule is CN1CCc2[nH]c3c(Br)ccc(OCc4ccccc4)c3c2CC1. The summed E-state index contributed by atoms with van der Waals surface area (Å²) >= 11 is 3.69. The molecule has 24 heavy (non-hydrogen) atoms. The minimum atomic E-state index is 0.595. The van der Waals surface area contributed by atoms with Gasteiger partial charge in [0.15, 0.2) is 0 Å². The summed E-state index contributed by atoms with van der Waals surface area (Å²) in [7, 11) is 2.19. The second-order valence-corrected chi connectivity index (χ2v) is 7.31. The minimum Gasteiger partial charge on any atom is -0.488 e. The van der Waals surface area contributed by atoms with Crippen LogP contribution in [0.5, 0.6) is 5.75 Å². The fourth-order valence-electron chi connectivity index (χ4n) is 3.42. The third kappa shape index (κ3) is 2.96. The molecule has 2 aromatic carbocycles. The molecule has 3 aromatic rings. The van der Waals surface area contributed by atoms with Gasteiger partial charge in [-0.15, -0.1) is 0 Å². The second kappa shape index (κ2) is 6.61. The van der Waals surface area contributed by atoms with Crippen LogP contribution < -0.4 is 4.74 Å². The number of halogens is 1. The van der Waals surface area contributed by atoms with E-state index in [4.69, 9.17) is 4.74 Å². The van der Waals surface area contributed by atoms with Crippen LogP contribution in [0, 0.1) is 0 Å². The van der Waals surface area contributed by atoms with Gasteiger partial charge in [0.1, 0.15) is 12.4 Å². The van der Waals surface area contributed by atoms with Crippen molar-refractivity contribution in [2.45, 2.75) is 19.4 Å². The van der Waals surface area contributed by atoms with Crippen molar-refractivity contribution >= 4 is 26.8 Å². The maximum absolute atomic E-state index is 6.20. The van der Waals surface area contributed by atoms with Gasteiger partial charge in [0, 0.05) is 35.1 Å². The van der Waals surface area contributed by atoms with Crippen molar-refractivity contribution < 1.29 is 4.74 Å². The van der Waals surface area contributed by atoms with E-state index in [1.54, 1.807) is 0 Å². The molecular formula is C20H21BrN2O. The molecule has 0 fully saturated rings. The van der Waals surface area contributed by atoms with Gasteiger partial charge in [-0.2, -0.15) is 0 Å². The number of aromatic nitrogens is 1. The molecule has 0 bridgehead atoms. The van der Waals surface area contributed by atoms with E-state index in [0.717, 1.165) is 41.7 Å². The number of nitrogens with zero attached hydrogens (tertiary/aromatic N) is 1. The fraction of sp³-hybridized carbons (Fsp3) is 0.300. The number of hydrogen-bond acceptors (Lipinski definition) is 2. The first-order chi connectivity index (χ1) is 11.7. The van der Waals surface area contributed by atoms with Gasteiger partial charge in [0.05, 0.1) is 5.52 Å². The van der Waals surface area contributed by atoms with E-state index in [1.807, 2.05) is 18.2 Å². The van der Waals surface area contributed by atoms with Gasteiger partial charge in [0.25, 0.3) is 0 Å². The number of benzene rings is 2. The molecule has 3 nitrogen and oxygen atoms in total. The summed E-state index contributed by atoms with van der Waals surface area (Å²) < 4.78 is 7.30. The summed E-state index contributed by atoms with van der Waals surface area (Å²) in [4.78, 5) is 6.02. The lowest BCUT2D eigenvalue weighted by atomic mass is 10.1. The lowest BCUT2D eigenvalue weighted by molar-refractivity contribution is 0.310. The topological polar surface area (TPSA) is 28.3 Å². The average Bonchev–Trinajstić information content (AvgIpc) is 2.88. The van der Waals surface area contributed by atoms with E-state index in [9.17, 15) is 0 Å². The zero-order chi connectivity index (χ0) is 16.5. The predicted octanol–water partition coefficient (Wildman–Crippen LogP) is 4.54. The van der Waals surface area contributed by atoms with Crippen LogP contribution in [0.3, 0.4) is 0 Å². The highest BCUT2D eigenvalue weighted by Gasteiger charge is 2.20. The number of fused-ring (bicyclic) bond motifs is 3. The van der Waals surface area contributed by atoms with Crippen LogP contribution in [-0.4, -0.2) is 30.0 Å². The van der Waals surface area contributed by atoms with E-state index in [-0.39, 0.29) is 0 Å². The lowest BCUT2D eigenvalue weighted by Crippen LogP contribution is -2.21. The molecule has 0 atom stereocenters. The molecule has 2 heterocycles. The zero-order valence-electron chi connectivity index (χ0n) is 13.8. The molecule has 1 aliphatic rings. The Balaban J connectivity index is 1.73. The van der Waals surface area contributed by atoms with Gasteiger partial charge in [-0.05, 0) is 52.7 Å². The Labute approximate surface area is 150 Å². The lowest BCUT2D eigenvalue weighted by Gasteiger charge is -2.13. The van der Waals surface area contributed by atoms with Gasteiger partial charge >= 0.3 is 0 Å². The molecule has 0 unspecified atom stereocenters. The smallest absolute Gasteiger partial charge is 0.129 e. The Morgan fingerprint density at radius 1 is 1.08 bits per heavy atom. The standard InChI is InChI=1S/C20H21BrN2O/c1-23-11-9-15-17(10-12-23)22-20-16(21)7-8-18(19(15)20)24-13-14-5-3-2-4-6-14/h2-8,22H,9-13H2,1H3. The number of hydrogen-bond donors (Lipinski definition) is 1.